The van der Waals surface area contributed by atoms with Crippen LogP contribution in [0.15, 0.2) is 24.3 Å². The minimum absolute atomic E-state index is 0.0250. The van der Waals surface area contributed by atoms with Crippen molar-refractivity contribution in [2.24, 2.45) is 0 Å². The summed E-state index contributed by atoms with van der Waals surface area (Å²) in [5.74, 6) is 0.565. The molecule has 0 aromatic heterocycles. The molecule has 0 unspecified atom stereocenters. The largest absolute Gasteiger partial charge is 0.395 e. The fraction of sp³-hybridized carbons (Fsp3) is 0.571. The summed E-state index contributed by atoms with van der Waals surface area (Å²) in [7, 11) is 0. The van der Waals surface area contributed by atoms with Gasteiger partial charge in [-0.25, -0.2) is 0 Å². The zero-order chi connectivity index (χ0) is 12.7. The van der Waals surface area contributed by atoms with E-state index < -0.39 is 0 Å². The highest BCUT2D eigenvalue weighted by molar-refractivity contribution is 5.24. The van der Waals surface area contributed by atoms with Crippen LogP contribution in [0.25, 0.3) is 0 Å². The van der Waals surface area contributed by atoms with Gasteiger partial charge in [0.15, 0.2) is 0 Å². The van der Waals surface area contributed by atoms with E-state index >= 15 is 0 Å². The van der Waals surface area contributed by atoms with Crippen LogP contribution in [0.2, 0.25) is 0 Å². The van der Waals surface area contributed by atoms with Crippen LogP contribution >= 0.6 is 0 Å². The maximum Gasteiger partial charge on any atom is 0.0607 e. The number of aliphatic hydroxyl groups is 2. The first-order valence-corrected chi connectivity index (χ1v) is 6.21. The van der Waals surface area contributed by atoms with Crippen molar-refractivity contribution in [3.05, 3.63) is 35.4 Å². The zero-order valence-electron chi connectivity index (χ0n) is 10.7. The monoisotopic (exact) mass is 237 g/mol. The Labute approximate surface area is 103 Å². The Hall–Kier alpha value is -0.900. The highest BCUT2D eigenvalue weighted by Gasteiger charge is 2.04. The van der Waals surface area contributed by atoms with E-state index in [0.29, 0.717) is 5.92 Å². The second-order valence-electron chi connectivity index (χ2n) is 4.66. The van der Waals surface area contributed by atoms with Crippen LogP contribution in [-0.4, -0.2) is 36.0 Å². The van der Waals surface area contributed by atoms with Gasteiger partial charge >= 0.3 is 0 Å². The molecule has 0 amide bonds. The second kappa shape index (κ2) is 7.43. The highest BCUT2D eigenvalue weighted by Crippen LogP contribution is 2.14. The van der Waals surface area contributed by atoms with Crippen LogP contribution in [0.5, 0.6) is 0 Å². The van der Waals surface area contributed by atoms with E-state index in [0.717, 1.165) is 13.0 Å². The Morgan fingerprint density at radius 3 is 2.12 bits per heavy atom. The highest BCUT2D eigenvalue weighted by atomic mass is 16.3. The lowest BCUT2D eigenvalue weighted by atomic mass is 10.0. The standard InChI is InChI=1S/C14H23NO2/c1-11(2)13-5-3-12(4-6-13)7-8-15-14(9-16)10-17/h3-6,11,14-17H,7-10H2,1-2H3. The first kappa shape index (κ1) is 14.2. The smallest absolute Gasteiger partial charge is 0.0607 e. The second-order valence-corrected chi connectivity index (χ2v) is 4.66. The fourth-order valence-corrected chi connectivity index (χ4v) is 1.68. The lowest BCUT2D eigenvalue weighted by molar-refractivity contribution is 0.171. The van der Waals surface area contributed by atoms with Gasteiger partial charge in [0.1, 0.15) is 0 Å². The van der Waals surface area contributed by atoms with E-state index in [1.54, 1.807) is 0 Å². The van der Waals surface area contributed by atoms with Crippen LogP contribution in [0, 0.1) is 0 Å². The normalized spacial score (nSPS) is 11.4. The summed E-state index contributed by atoms with van der Waals surface area (Å²) >= 11 is 0. The van der Waals surface area contributed by atoms with Crippen LogP contribution in [-0.2, 0) is 6.42 Å². The number of nitrogens with one attached hydrogen (secondary N) is 1. The molecule has 1 aromatic carbocycles. The third-order valence-corrected chi connectivity index (χ3v) is 2.93. The molecule has 0 atom stereocenters. The Balaban J connectivity index is 2.37. The van der Waals surface area contributed by atoms with Crippen molar-refractivity contribution in [3.8, 4) is 0 Å². The van der Waals surface area contributed by atoms with Crippen LogP contribution in [0.3, 0.4) is 0 Å². The minimum atomic E-state index is -0.204. The quantitative estimate of drug-likeness (QED) is 0.670. The van der Waals surface area contributed by atoms with Gasteiger partial charge in [0, 0.05) is 0 Å². The Kier molecular flexibility index (Phi) is 6.19. The molecule has 0 bridgehead atoms. The number of hydrogen-bond donors (Lipinski definition) is 3. The number of benzene rings is 1. The average Bonchev–Trinajstić information content (AvgIpc) is 2.35. The SMILES string of the molecule is CC(C)c1ccc(CCNC(CO)CO)cc1. The molecule has 0 heterocycles. The van der Waals surface area contributed by atoms with E-state index in [9.17, 15) is 0 Å². The van der Waals surface area contributed by atoms with Gasteiger partial charge in [-0.2, -0.15) is 0 Å². The van der Waals surface area contributed by atoms with Gasteiger partial charge in [-0.3, -0.25) is 0 Å². The molecule has 0 spiro atoms. The van der Waals surface area contributed by atoms with Crippen LogP contribution < -0.4 is 5.32 Å². The number of rotatable bonds is 7. The maximum atomic E-state index is 8.90. The molecule has 0 saturated heterocycles. The van der Waals surface area contributed by atoms with Crippen molar-refractivity contribution in [1.82, 2.24) is 5.32 Å². The number of hydrogen-bond acceptors (Lipinski definition) is 3. The molecule has 3 N–H and O–H groups in total. The molecule has 0 radical (unpaired) electrons. The summed E-state index contributed by atoms with van der Waals surface area (Å²) in [5, 5.41) is 20.9. The van der Waals surface area contributed by atoms with Crippen molar-refractivity contribution in [2.45, 2.75) is 32.2 Å². The van der Waals surface area contributed by atoms with Gasteiger partial charge in [-0.05, 0) is 30.0 Å². The van der Waals surface area contributed by atoms with E-state index in [2.05, 4.69) is 43.4 Å². The summed E-state index contributed by atoms with van der Waals surface area (Å²) in [4.78, 5) is 0. The van der Waals surface area contributed by atoms with Crippen molar-refractivity contribution in [3.63, 3.8) is 0 Å². The third-order valence-electron chi connectivity index (χ3n) is 2.93. The molecule has 1 aromatic rings. The molecule has 1 rings (SSSR count). The van der Waals surface area contributed by atoms with Crippen molar-refractivity contribution < 1.29 is 10.2 Å². The summed E-state index contributed by atoms with van der Waals surface area (Å²) < 4.78 is 0. The van der Waals surface area contributed by atoms with Crippen LogP contribution in [0.1, 0.15) is 30.9 Å². The summed E-state index contributed by atoms with van der Waals surface area (Å²) in [6.07, 6.45) is 0.912. The Morgan fingerprint density at radius 2 is 1.65 bits per heavy atom. The molecule has 0 aliphatic rings. The van der Waals surface area contributed by atoms with Gasteiger partial charge in [0.05, 0.1) is 19.3 Å². The molecule has 0 fully saturated rings. The summed E-state index contributed by atoms with van der Waals surface area (Å²) in [6, 6.07) is 8.41. The van der Waals surface area contributed by atoms with Gasteiger partial charge in [0.25, 0.3) is 0 Å². The molecule has 0 aliphatic carbocycles. The molecule has 3 nitrogen and oxygen atoms in total. The summed E-state index contributed by atoms with van der Waals surface area (Å²) in [6.45, 7) is 5.09. The topological polar surface area (TPSA) is 52.5 Å². The van der Waals surface area contributed by atoms with E-state index in [4.69, 9.17) is 10.2 Å². The lowest BCUT2D eigenvalue weighted by Crippen LogP contribution is -2.36. The van der Waals surface area contributed by atoms with Crippen molar-refractivity contribution >= 4 is 0 Å². The Morgan fingerprint density at radius 1 is 1.06 bits per heavy atom. The average molecular weight is 237 g/mol. The first-order valence-electron chi connectivity index (χ1n) is 6.21. The molecule has 0 aliphatic heterocycles. The minimum Gasteiger partial charge on any atom is -0.395 e. The Bertz CT molecular complexity index is 305. The zero-order valence-corrected chi connectivity index (χ0v) is 10.7. The van der Waals surface area contributed by atoms with Gasteiger partial charge < -0.3 is 15.5 Å². The van der Waals surface area contributed by atoms with E-state index in [-0.39, 0.29) is 19.3 Å². The first-order chi connectivity index (χ1) is 8.17. The molecule has 96 valence electrons. The van der Waals surface area contributed by atoms with Gasteiger partial charge in [-0.1, -0.05) is 38.1 Å². The predicted molar refractivity (Wildman–Crippen MR) is 70.2 cm³/mol. The molecule has 17 heavy (non-hydrogen) atoms. The fourth-order valence-electron chi connectivity index (χ4n) is 1.68. The van der Waals surface area contributed by atoms with Gasteiger partial charge in [-0.15, -0.1) is 0 Å². The summed E-state index contributed by atoms with van der Waals surface area (Å²) in [5.41, 5.74) is 2.63. The van der Waals surface area contributed by atoms with Crippen molar-refractivity contribution in [1.29, 1.82) is 0 Å². The third kappa shape index (κ3) is 4.86. The molecular formula is C14H23NO2. The van der Waals surface area contributed by atoms with Crippen LogP contribution in [0.4, 0.5) is 0 Å². The lowest BCUT2D eigenvalue weighted by Gasteiger charge is -2.13. The number of aliphatic hydroxyl groups excluding tert-OH is 2. The maximum absolute atomic E-state index is 8.90. The van der Waals surface area contributed by atoms with Crippen molar-refractivity contribution in [2.75, 3.05) is 19.8 Å². The molecular weight excluding hydrogens is 214 g/mol. The van der Waals surface area contributed by atoms with E-state index in [1.165, 1.54) is 11.1 Å². The van der Waals surface area contributed by atoms with Gasteiger partial charge in [0.2, 0.25) is 0 Å². The molecule has 0 saturated carbocycles. The van der Waals surface area contributed by atoms with E-state index in [1.807, 2.05) is 0 Å². The molecule has 3 heteroatoms. The predicted octanol–water partition coefficient (Wildman–Crippen LogP) is 1.30.